The predicted octanol–water partition coefficient (Wildman–Crippen LogP) is 0.385. The number of hydrogen-bond donors (Lipinski definition) is 3. The lowest BCUT2D eigenvalue weighted by molar-refractivity contribution is -0.138. The van der Waals surface area contributed by atoms with Gasteiger partial charge in [-0.3, -0.25) is 9.69 Å². The molecule has 2 rings (SSSR count). The van der Waals surface area contributed by atoms with E-state index in [0.717, 1.165) is 50.6 Å². The van der Waals surface area contributed by atoms with Crippen molar-refractivity contribution in [3.63, 3.8) is 0 Å². The summed E-state index contributed by atoms with van der Waals surface area (Å²) in [5, 5.41) is 12.2. The number of benzene rings is 1. The minimum atomic E-state index is -0.970. The highest BCUT2D eigenvalue weighted by Crippen LogP contribution is 2.11. The fourth-order valence-electron chi connectivity index (χ4n) is 2.28. The Hall–Kier alpha value is -1.63. The molecule has 21 heavy (non-hydrogen) atoms. The van der Waals surface area contributed by atoms with Gasteiger partial charge in [0, 0.05) is 31.9 Å². The summed E-state index contributed by atoms with van der Waals surface area (Å²) in [5.41, 5.74) is 7.49. The molecule has 0 radical (unpaired) electrons. The third kappa shape index (κ3) is 5.34. The molecule has 1 saturated heterocycles. The molecule has 0 bridgehead atoms. The molecule has 1 fully saturated rings. The van der Waals surface area contributed by atoms with Gasteiger partial charge in [0.05, 0.1) is 13.2 Å². The topological polar surface area (TPSA) is 87.8 Å². The van der Waals surface area contributed by atoms with Crippen LogP contribution in [0.2, 0.25) is 0 Å². The third-order valence-electron chi connectivity index (χ3n) is 3.59. The first-order valence-corrected chi connectivity index (χ1v) is 7.26. The van der Waals surface area contributed by atoms with Crippen LogP contribution in [0.4, 0.5) is 5.69 Å². The molecule has 6 nitrogen and oxygen atoms in total. The van der Waals surface area contributed by atoms with Gasteiger partial charge in [0.2, 0.25) is 0 Å². The summed E-state index contributed by atoms with van der Waals surface area (Å²) in [6, 6.07) is 6.91. The molecule has 0 aromatic heterocycles. The van der Waals surface area contributed by atoms with Gasteiger partial charge in [0.25, 0.3) is 0 Å². The van der Waals surface area contributed by atoms with E-state index in [9.17, 15) is 4.79 Å². The number of carbonyl (C=O) groups is 1. The van der Waals surface area contributed by atoms with Crippen LogP contribution in [0.25, 0.3) is 0 Å². The lowest BCUT2D eigenvalue weighted by atomic mass is 10.1. The Kier molecular flexibility index (Phi) is 5.98. The van der Waals surface area contributed by atoms with Crippen molar-refractivity contribution in [1.29, 1.82) is 0 Å². The van der Waals surface area contributed by atoms with Crippen molar-refractivity contribution in [1.82, 2.24) is 4.90 Å². The summed E-state index contributed by atoms with van der Waals surface area (Å²) in [6.45, 7) is 5.50. The maximum Gasteiger partial charge on any atom is 0.320 e. The van der Waals surface area contributed by atoms with Crippen LogP contribution in [-0.2, 0) is 16.0 Å². The fourth-order valence-corrected chi connectivity index (χ4v) is 2.28. The van der Waals surface area contributed by atoms with Crippen LogP contribution >= 0.6 is 0 Å². The molecule has 6 heteroatoms. The second-order valence-corrected chi connectivity index (χ2v) is 5.23. The van der Waals surface area contributed by atoms with E-state index < -0.39 is 12.0 Å². The third-order valence-corrected chi connectivity index (χ3v) is 3.59. The van der Waals surface area contributed by atoms with E-state index in [1.54, 1.807) is 0 Å². The van der Waals surface area contributed by atoms with E-state index in [0.29, 0.717) is 6.42 Å². The molecule has 1 unspecified atom stereocenters. The van der Waals surface area contributed by atoms with Crippen LogP contribution in [0, 0.1) is 0 Å². The summed E-state index contributed by atoms with van der Waals surface area (Å²) in [7, 11) is 0. The van der Waals surface area contributed by atoms with Crippen LogP contribution in [-0.4, -0.2) is 61.4 Å². The number of hydrogen-bond acceptors (Lipinski definition) is 5. The molecule has 0 aliphatic carbocycles. The molecule has 1 aromatic carbocycles. The Balaban J connectivity index is 1.73. The number of morpholine rings is 1. The summed E-state index contributed by atoms with van der Waals surface area (Å²) >= 11 is 0. The minimum Gasteiger partial charge on any atom is -0.480 e. The summed E-state index contributed by atoms with van der Waals surface area (Å²) < 4.78 is 5.31. The molecule has 1 aromatic rings. The van der Waals surface area contributed by atoms with Crippen molar-refractivity contribution >= 4 is 11.7 Å². The van der Waals surface area contributed by atoms with Crippen LogP contribution in [0.5, 0.6) is 0 Å². The molecule has 0 spiro atoms. The van der Waals surface area contributed by atoms with Crippen molar-refractivity contribution in [2.45, 2.75) is 12.5 Å². The molecule has 4 N–H and O–H groups in total. The summed E-state index contributed by atoms with van der Waals surface area (Å²) in [5.74, 6) is -0.970. The Labute approximate surface area is 124 Å². The van der Waals surface area contributed by atoms with Crippen LogP contribution in [0.15, 0.2) is 24.3 Å². The molecule has 1 heterocycles. The van der Waals surface area contributed by atoms with E-state index in [1.807, 2.05) is 24.3 Å². The van der Waals surface area contributed by atoms with E-state index in [4.69, 9.17) is 15.6 Å². The number of nitrogens with zero attached hydrogens (tertiary/aromatic N) is 1. The van der Waals surface area contributed by atoms with Crippen LogP contribution < -0.4 is 11.1 Å². The van der Waals surface area contributed by atoms with Gasteiger partial charge in [-0.25, -0.2) is 0 Å². The average molecular weight is 293 g/mol. The van der Waals surface area contributed by atoms with Crippen LogP contribution in [0.1, 0.15) is 5.56 Å². The predicted molar refractivity (Wildman–Crippen MR) is 81.5 cm³/mol. The number of aliphatic carboxylic acids is 1. The second-order valence-electron chi connectivity index (χ2n) is 5.23. The van der Waals surface area contributed by atoms with E-state index in [-0.39, 0.29) is 0 Å². The smallest absolute Gasteiger partial charge is 0.320 e. The number of nitrogens with two attached hydrogens (primary N) is 1. The Morgan fingerprint density at radius 2 is 2.00 bits per heavy atom. The Morgan fingerprint density at radius 3 is 2.62 bits per heavy atom. The Morgan fingerprint density at radius 1 is 1.33 bits per heavy atom. The molecule has 1 aliphatic rings. The van der Waals surface area contributed by atoms with Gasteiger partial charge < -0.3 is 20.9 Å². The maximum atomic E-state index is 10.7. The van der Waals surface area contributed by atoms with Gasteiger partial charge in [0.15, 0.2) is 0 Å². The summed E-state index contributed by atoms with van der Waals surface area (Å²) in [4.78, 5) is 13.1. The molecule has 116 valence electrons. The van der Waals surface area contributed by atoms with Crippen molar-refractivity contribution in [2.24, 2.45) is 5.73 Å². The van der Waals surface area contributed by atoms with Crippen molar-refractivity contribution in [2.75, 3.05) is 44.7 Å². The molecule has 1 aliphatic heterocycles. The maximum absolute atomic E-state index is 10.7. The van der Waals surface area contributed by atoms with Crippen molar-refractivity contribution < 1.29 is 14.6 Å². The van der Waals surface area contributed by atoms with Gasteiger partial charge in [-0.2, -0.15) is 0 Å². The first-order valence-electron chi connectivity index (χ1n) is 7.26. The first-order chi connectivity index (χ1) is 10.1. The number of ether oxygens (including phenoxy) is 1. The highest BCUT2D eigenvalue weighted by molar-refractivity contribution is 5.73. The fraction of sp³-hybridized carbons (Fsp3) is 0.533. The zero-order chi connectivity index (χ0) is 15.1. The average Bonchev–Trinajstić information content (AvgIpc) is 2.50. The standard InChI is InChI=1S/C15H23N3O3/c16-14(15(19)20)11-12-1-3-13(4-2-12)17-5-6-18-7-9-21-10-8-18/h1-4,14,17H,5-11,16H2,(H,19,20). The number of rotatable bonds is 7. The zero-order valence-electron chi connectivity index (χ0n) is 12.1. The van der Waals surface area contributed by atoms with E-state index in [2.05, 4.69) is 10.2 Å². The highest BCUT2D eigenvalue weighted by Gasteiger charge is 2.12. The zero-order valence-corrected chi connectivity index (χ0v) is 12.1. The summed E-state index contributed by atoms with van der Waals surface area (Å²) in [6.07, 6.45) is 0.351. The Bertz CT molecular complexity index is 444. The molecule has 1 atom stereocenters. The lowest BCUT2D eigenvalue weighted by Crippen LogP contribution is -2.39. The van der Waals surface area contributed by atoms with E-state index >= 15 is 0 Å². The number of carboxylic acids is 1. The highest BCUT2D eigenvalue weighted by atomic mass is 16.5. The van der Waals surface area contributed by atoms with Crippen LogP contribution in [0.3, 0.4) is 0 Å². The number of carboxylic acid groups (broad SMARTS) is 1. The largest absolute Gasteiger partial charge is 0.480 e. The lowest BCUT2D eigenvalue weighted by Gasteiger charge is -2.26. The number of nitrogens with one attached hydrogen (secondary N) is 1. The molecule has 0 amide bonds. The van der Waals surface area contributed by atoms with Crippen molar-refractivity contribution in [3.8, 4) is 0 Å². The van der Waals surface area contributed by atoms with Gasteiger partial charge in [0.1, 0.15) is 6.04 Å². The van der Waals surface area contributed by atoms with Gasteiger partial charge >= 0.3 is 5.97 Å². The minimum absolute atomic E-state index is 0.351. The van der Waals surface area contributed by atoms with Gasteiger partial charge in [-0.15, -0.1) is 0 Å². The normalized spacial score (nSPS) is 17.4. The second kappa shape index (κ2) is 7.97. The molecular weight excluding hydrogens is 270 g/mol. The molecular formula is C15H23N3O3. The quantitative estimate of drug-likeness (QED) is 0.674. The number of anilines is 1. The first kappa shape index (κ1) is 15.8. The van der Waals surface area contributed by atoms with E-state index in [1.165, 1.54) is 0 Å². The SMILES string of the molecule is NC(Cc1ccc(NCCN2CCOCC2)cc1)C(=O)O. The monoisotopic (exact) mass is 293 g/mol. The van der Waals surface area contributed by atoms with Crippen molar-refractivity contribution in [3.05, 3.63) is 29.8 Å². The van der Waals surface area contributed by atoms with Gasteiger partial charge in [-0.05, 0) is 24.1 Å². The molecule has 0 saturated carbocycles. The van der Waals surface area contributed by atoms with Gasteiger partial charge in [-0.1, -0.05) is 12.1 Å².